The molecule has 1 N–H and O–H groups in total. The fourth-order valence-electron chi connectivity index (χ4n) is 1.64. The van der Waals surface area contributed by atoms with Crippen LogP contribution in [0.4, 0.5) is 0 Å². The number of benzene rings is 1. The third-order valence-electron chi connectivity index (χ3n) is 2.12. The maximum absolute atomic E-state index is 11.9. The maximum atomic E-state index is 11.9. The molecule has 0 aromatic heterocycles. The van der Waals surface area contributed by atoms with Gasteiger partial charge in [-0.2, -0.15) is 0 Å². The number of halogens is 1. The number of nitrogens with one attached hydrogen (secondary N) is 1. The summed E-state index contributed by atoms with van der Waals surface area (Å²) in [5, 5.41) is 0. The lowest BCUT2D eigenvalue weighted by molar-refractivity contribution is -0.116. The van der Waals surface area contributed by atoms with Crippen LogP contribution in [0.2, 0.25) is 0 Å². The number of alkyl halides is 1. The number of carbonyl (C=O) groups excluding carboxylic acids is 1. The van der Waals surface area contributed by atoms with Gasteiger partial charge in [0, 0.05) is 0 Å². The summed E-state index contributed by atoms with van der Waals surface area (Å²) >= 11 is 5.34. The zero-order chi connectivity index (χ0) is 12.3. The van der Waals surface area contributed by atoms with Gasteiger partial charge in [-0.15, -0.1) is 11.6 Å². The lowest BCUT2D eigenvalue weighted by Crippen LogP contribution is -2.27. The number of hydrogen-bond donors (Lipinski definition) is 1. The fourth-order valence-corrected chi connectivity index (χ4v) is 2.87. The Labute approximate surface area is 103 Å². The Morgan fingerprint density at radius 3 is 2.25 bits per heavy atom. The van der Waals surface area contributed by atoms with Crippen LogP contribution in [0.1, 0.15) is 16.7 Å². The third kappa shape index (κ3) is 3.06. The molecule has 0 bridgehead atoms. The topological polar surface area (TPSA) is 46.2 Å². The van der Waals surface area contributed by atoms with Gasteiger partial charge in [0.1, 0.15) is 5.88 Å². The average molecular weight is 260 g/mol. The van der Waals surface area contributed by atoms with Crippen molar-refractivity contribution in [3.05, 3.63) is 28.8 Å². The Morgan fingerprint density at radius 2 is 1.81 bits per heavy atom. The van der Waals surface area contributed by atoms with Gasteiger partial charge in [-0.05, 0) is 31.9 Å². The van der Waals surface area contributed by atoms with Crippen molar-refractivity contribution in [2.45, 2.75) is 25.7 Å². The van der Waals surface area contributed by atoms with Crippen LogP contribution in [0.25, 0.3) is 0 Å². The number of amides is 1. The van der Waals surface area contributed by atoms with Gasteiger partial charge in [0.2, 0.25) is 5.91 Å². The summed E-state index contributed by atoms with van der Waals surface area (Å²) in [7, 11) is -1.53. The van der Waals surface area contributed by atoms with Gasteiger partial charge in [0.25, 0.3) is 0 Å². The van der Waals surface area contributed by atoms with Crippen molar-refractivity contribution in [2.24, 2.45) is 0 Å². The number of carbonyl (C=O) groups is 1. The Kier molecular flexibility index (Phi) is 4.50. The summed E-state index contributed by atoms with van der Waals surface area (Å²) in [5.41, 5.74) is 2.93. The van der Waals surface area contributed by atoms with Gasteiger partial charge < -0.3 is 0 Å². The zero-order valence-corrected chi connectivity index (χ0v) is 11.0. The predicted molar refractivity (Wildman–Crippen MR) is 65.9 cm³/mol. The first kappa shape index (κ1) is 13.2. The molecule has 0 saturated heterocycles. The summed E-state index contributed by atoms with van der Waals surface area (Å²) < 4.78 is 14.2. The van der Waals surface area contributed by atoms with Gasteiger partial charge in [0.05, 0.1) is 4.90 Å². The normalized spacial score (nSPS) is 12.2. The van der Waals surface area contributed by atoms with Crippen LogP contribution in [-0.2, 0) is 15.8 Å². The van der Waals surface area contributed by atoms with Crippen LogP contribution in [0, 0.1) is 20.8 Å². The molecule has 0 aliphatic rings. The molecule has 0 saturated carbocycles. The smallest absolute Gasteiger partial charge is 0.246 e. The van der Waals surface area contributed by atoms with E-state index in [9.17, 15) is 9.00 Å². The fraction of sp³-hybridized carbons (Fsp3) is 0.364. The van der Waals surface area contributed by atoms with E-state index in [1.54, 1.807) is 0 Å². The standard InChI is InChI=1S/C11H14ClNO2S/c1-7-4-8(2)11(9(3)5-7)16(15)13-10(14)6-12/h4-5H,6H2,1-3H3,(H,13,14). The van der Waals surface area contributed by atoms with Crippen molar-refractivity contribution >= 4 is 28.5 Å². The second-order valence-corrected chi connectivity index (χ2v) is 5.07. The average Bonchev–Trinajstić information content (AvgIpc) is 2.15. The minimum Gasteiger partial charge on any atom is -0.273 e. The van der Waals surface area contributed by atoms with Gasteiger partial charge in [0.15, 0.2) is 11.0 Å². The lowest BCUT2D eigenvalue weighted by Gasteiger charge is -2.10. The van der Waals surface area contributed by atoms with Gasteiger partial charge in [-0.25, -0.2) is 4.21 Å². The number of rotatable bonds is 3. The molecular formula is C11H14ClNO2S. The molecule has 1 aromatic carbocycles. The second kappa shape index (κ2) is 5.46. The van der Waals surface area contributed by atoms with Gasteiger partial charge >= 0.3 is 0 Å². The molecule has 88 valence electrons. The SMILES string of the molecule is Cc1cc(C)c(S(=O)NC(=O)CCl)c(C)c1. The minimum absolute atomic E-state index is 0.185. The molecule has 0 aliphatic carbocycles. The van der Waals surface area contributed by atoms with E-state index in [2.05, 4.69) is 4.72 Å². The van der Waals surface area contributed by atoms with E-state index in [0.29, 0.717) is 4.90 Å². The van der Waals surface area contributed by atoms with E-state index in [4.69, 9.17) is 11.6 Å². The quantitative estimate of drug-likeness (QED) is 0.844. The summed E-state index contributed by atoms with van der Waals surface area (Å²) in [6.07, 6.45) is 0. The Balaban J connectivity index is 3.04. The predicted octanol–water partition coefficient (Wildman–Crippen LogP) is 1.99. The number of hydrogen-bond acceptors (Lipinski definition) is 2. The minimum atomic E-state index is -1.53. The molecule has 1 unspecified atom stereocenters. The summed E-state index contributed by atoms with van der Waals surface area (Å²) in [6.45, 7) is 5.73. The van der Waals surface area contributed by atoms with Crippen molar-refractivity contribution in [1.82, 2.24) is 4.72 Å². The molecule has 0 radical (unpaired) electrons. The summed E-state index contributed by atoms with van der Waals surface area (Å²) in [6, 6.07) is 3.88. The highest BCUT2D eigenvalue weighted by molar-refractivity contribution is 7.83. The summed E-state index contributed by atoms with van der Waals surface area (Å²) in [4.78, 5) is 11.7. The molecule has 1 amide bonds. The molecule has 0 heterocycles. The summed E-state index contributed by atoms with van der Waals surface area (Å²) in [5.74, 6) is -0.616. The molecule has 3 nitrogen and oxygen atoms in total. The first-order valence-corrected chi connectivity index (χ1v) is 6.49. The van der Waals surface area contributed by atoms with Crippen molar-refractivity contribution in [3.63, 3.8) is 0 Å². The maximum Gasteiger partial charge on any atom is 0.246 e. The van der Waals surface area contributed by atoms with E-state index < -0.39 is 16.9 Å². The number of aryl methyl sites for hydroxylation is 3. The molecule has 1 rings (SSSR count). The van der Waals surface area contributed by atoms with Crippen molar-refractivity contribution in [3.8, 4) is 0 Å². The molecule has 0 fully saturated rings. The van der Waals surface area contributed by atoms with Crippen molar-refractivity contribution < 1.29 is 9.00 Å². The monoisotopic (exact) mass is 259 g/mol. The lowest BCUT2D eigenvalue weighted by atomic mass is 10.1. The molecule has 0 spiro atoms. The molecule has 1 aromatic rings. The highest BCUT2D eigenvalue weighted by Gasteiger charge is 2.13. The Morgan fingerprint density at radius 1 is 1.31 bits per heavy atom. The third-order valence-corrected chi connectivity index (χ3v) is 3.79. The molecule has 0 aliphatic heterocycles. The first-order chi connectivity index (χ1) is 7.45. The Hall–Kier alpha value is -0.870. The zero-order valence-electron chi connectivity index (χ0n) is 9.46. The van der Waals surface area contributed by atoms with Crippen molar-refractivity contribution in [2.75, 3.05) is 5.88 Å². The van der Waals surface area contributed by atoms with E-state index in [-0.39, 0.29) is 5.88 Å². The van der Waals surface area contributed by atoms with Gasteiger partial charge in [-0.1, -0.05) is 17.7 Å². The van der Waals surface area contributed by atoms with Crippen LogP contribution >= 0.6 is 11.6 Å². The highest BCUT2D eigenvalue weighted by Crippen LogP contribution is 2.19. The highest BCUT2D eigenvalue weighted by atomic mass is 35.5. The largest absolute Gasteiger partial charge is 0.273 e. The van der Waals surface area contributed by atoms with Crippen LogP contribution in [0.15, 0.2) is 17.0 Å². The van der Waals surface area contributed by atoms with Crippen LogP contribution in [-0.4, -0.2) is 16.0 Å². The second-order valence-electron chi connectivity index (χ2n) is 3.66. The van der Waals surface area contributed by atoms with E-state index in [1.807, 2.05) is 32.9 Å². The molecule has 1 atom stereocenters. The van der Waals surface area contributed by atoms with E-state index >= 15 is 0 Å². The van der Waals surface area contributed by atoms with Crippen LogP contribution in [0.3, 0.4) is 0 Å². The van der Waals surface area contributed by atoms with E-state index in [0.717, 1.165) is 16.7 Å². The molecular weight excluding hydrogens is 246 g/mol. The van der Waals surface area contributed by atoms with Crippen LogP contribution < -0.4 is 4.72 Å². The first-order valence-electron chi connectivity index (χ1n) is 4.80. The van der Waals surface area contributed by atoms with Gasteiger partial charge in [-0.3, -0.25) is 9.52 Å². The Bertz CT molecular complexity index is 423. The molecule has 5 heteroatoms. The van der Waals surface area contributed by atoms with Crippen LogP contribution in [0.5, 0.6) is 0 Å². The molecule has 16 heavy (non-hydrogen) atoms. The van der Waals surface area contributed by atoms with E-state index in [1.165, 1.54) is 0 Å². The van der Waals surface area contributed by atoms with Crippen molar-refractivity contribution in [1.29, 1.82) is 0 Å².